The van der Waals surface area contributed by atoms with E-state index in [9.17, 15) is 14.9 Å². The Bertz CT molecular complexity index is 468. The van der Waals surface area contributed by atoms with Gasteiger partial charge in [0.05, 0.1) is 4.92 Å². The molecule has 1 atom stereocenters. The van der Waals surface area contributed by atoms with Crippen molar-refractivity contribution in [2.24, 2.45) is 0 Å². The second-order valence-electron chi connectivity index (χ2n) is 4.63. The highest BCUT2D eigenvalue weighted by Crippen LogP contribution is 2.18. The summed E-state index contributed by atoms with van der Waals surface area (Å²) >= 11 is 0. The smallest absolute Gasteiger partial charge is 0.282 e. The van der Waals surface area contributed by atoms with Gasteiger partial charge in [-0.05, 0) is 38.4 Å². The van der Waals surface area contributed by atoms with E-state index in [4.69, 9.17) is 0 Å². The minimum atomic E-state index is -0.524. The highest BCUT2D eigenvalue weighted by Gasteiger charge is 2.22. The molecule has 0 radical (unpaired) electrons. The van der Waals surface area contributed by atoms with Crippen molar-refractivity contribution >= 4 is 11.6 Å². The molecule has 0 aromatic heterocycles. The average Bonchev–Trinajstić information content (AvgIpc) is 2.67. The number of nitrogens with zero attached hydrogens (tertiary/aromatic N) is 1. The summed E-state index contributed by atoms with van der Waals surface area (Å²) < 4.78 is 0. The molecule has 0 spiro atoms. The number of nitro groups is 1. The van der Waals surface area contributed by atoms with Crippen LogP contribution in [0.15, 0.2) is 24.3 Å². The van der Waals surface area contributed by atoms with Gasteiger partial charge in [-0.25, -0.2) is 0 Å². The highest BCUT2D eigenvalue weighted by atomic mass is 16.6. The Morgan fingerprint density at radius 3 is 2.89 bits per heavy atom. The zero-order chi connectivity index (χ0) is 13.7. The lowest BCUT2D eigenvalue weighted by atomic mass is 10.1. The van der Waals surface area contributed by atoms with Crippen LogP contribution in [0.4, 0.5) is 5.69 Å². The second kappa shape index (κ2) is 6.29. The third-order valence-electron chi connectivity index (χ3n) is 3.26. The number of nitro benzene ring substituents is 1. The Morgan fingerprint density at radius 1 is 1.32 bits per heavy atom. The molecular formula is C13H17N3O3. The molecule has 2 rings (SSSR count). The van der Waals surface area contributed by atoms with Crippen LogP contribution in [0.25, 0.3) is 0 Å². The van der Waals surface area contributed by atoms with Crippen LogP contribution in [0, 0.1) is 10.1 Å². The first-order chi connectivity index (χ1) is 9.18. The SMILES string of the molecule is O=C(NC1CCCNCC1)c1ccccc1[N+](=O)[O-]. The van der Waals surface area contributed by atoms with E-state index >= 15 is 0 Å². The molecule has 1 amide bonds. The summed E-state index contributed by atoms with van der Waals surface area (Å²) in [6, 6.07) is 6.12. The Hall–Kier alpha value is -1.95. The molecule has 1 aromatic carbocycles. The van der Waals surface area contributed by atoms with Gasteiger partial charge in [0.15, 0.2) is 0 Å². The number of carbonyl (C=O) groups is 1. The molecule has 1 saturated heterocycles. The summed E-state index contributed by atoms with van der Waals surface area (Å²) in [6.45, 7) is 1.82. The number of amides is 1. The largest absolute Gasteiger partial charge is 0.349 e. The van der Waals surface area contributed by atoms with Crippen LogP contribution in [0.2, 0.25) is 0 Å². The molecule has 1 aliphatic rings. The van der Waals surface area contributed by atoms with E-state index in [2.05, 4.69) is 10.6 Å². The standard InChI is InChI=1S/C13H17N3O3/c17-13(15-10-4-3-8-14-9-7-10)11-5-1-2-6-12(11)16(18)19/h1-2,5-6,10,14H,3-4,7-9H2,(H,15,17). The number of nitrogens with one attached hydrogen (secondary N) is 2. The van der Waals surface area contributed by atoms with Crippen LogP contribution < -0.4 is 10.6 Å². The molecule has 1 aromatic rings. The fourth-order valence-corrected chi connectivity index (χ4v) is 2.25. The van der Waals surface area contributed by atoms with E-state index in [1.165, 1.54) is 12.1 Å². The minimum absolute atomic E-state index is 0.0855. The van der Waals surface area contributed by atoms with Crippen molar-refractivity contribution in [1.29, 1.82) is 0 Å². The van der Waals surface area contributed by atoms with Crippen LogP contribution >= 0.6 is 0 Å². The molecule has 1 heterocycles. The molecular weight excluding hydrogens is 246 g/mol. The Morgan fingerprint density at radius 2 is 2.11 bits per heavy atom. The van der Waals surface area contributed by atoms with Crippen molar-refractivity contribution in [3.05, 3.63) is 39.9 Å². The van der Waals surface area contributed by atoms with Gasteiger partial charge < -0.3 is 10.6 Å². The van der Waals surface area contributed by atoms with Crippen molar-refractivity contribution in [2.75, 3.05) is 13.1 Å². The molecule has 1 unspecified atom stereocenters. The van der Waals surface area contributed by atoms with Crippen LogP contribution in [-0.2, 0) is 0 Å². The van der Waals surface area contributed by atoms with Crippen molar-refractivity contribution in [1.82, 2.24) is 10.6 Å². The molecule has 0 bridgehead atoms. The van der Waals surface area contributed by atoms with Crippen LogP contribution in [-0.4, -0.2) is 30.0 Å². The molecule has 2 N–H and O–H groups in total. The topological polar surface area (TPSA) is 84.3 Å². The first kappa shape index (κ1) is 13.5. The van der Waals surface area contributed by atoms with E-state index < -0.39 is 4.92 Å². The van der Waals surface area contributed by atoms with Crippen LogP contribution in [0.3, 0.4) is 0 Å². The third-order valence-corrected chi connectivity index (χ3v) is 3.26. The predicted molar refractivity (Wildman–Crippen MR) is 71.1 cm³/mol. The summed E-state index contributed by atoms with van der Waals surface area (Å²) in [4.78, 5) is 22.5. The third kappa shape index (κ3) is 3.51. The lowest BCUT2D eigenvalue weighted by molar-refractivity contribution is -0.385. The van der Waals surface area contributed by atoms with Gasteiger partial charge in [0.1, 0.15) is 5.56 Å². The summed E-state index contributed by atoms with van der Waals surface area (Å²) in [7, 11) is 0. The van der Waals surface area contributed by atoms with E-state index in [-0.39, 0.29) is 23.2 Å². The van der Waals surface area contributed by atoms with Crippen molar-refractivity contribution < 1.29 is 9.72 Å². The molecule has 6 heteroatoms. The summed E-state index contributed by atoms with van der Waals surface area (Å²) in [5.41, 5.74) is -0.0172. The molecule has 1 aliphatic heterocycles. The van der Waals surface area contributed by atoms with E-state index in [1.54, 1.807) is 12.1 Å². The molecule has 0 aliphatic carbocycles. The Balaban J connectivity index is 2.09. The fourth-order valence-electron chi connectivity index (χ4n) is 2.25. The average molecular weight is 263 g/mol. The van der Waals surface area contributed by atoms with Gasteiger partial charge in [0, 0.05) is 12.1 Å². The van der Waals surface area contributed by atoms with Crippen LogP contribution in [0.5, 0.6) is 0 Å². The van der Waals surface area contributed by atoms with Gasteiger partial charge in [-0.3, -0.25) is 14.9 Å². The zero-order valence-corrected chi connectivity index (χ0v) is 10.6. The maximum absolute atomic E-state index is 12.1. The van der Waals surface area contributed by atoms with E-state index in [0.717, 1.165) is 32.4 Å². The zero-order valence-electron chi connectivity index (χ0n) is 10.6. The first-order valence-electron chi connectivity index (χ1n) is 6.43. The normalized spacial score (nSPS) is 19.5. The molecule has 0 saturated carbocycles. The number of para-hydroxylation sites is 1. The number of hydrogen-bond donors (Lipinski definition) is 2. The van der Waals surface area contributed by atoms with E-state index in [0.29, 0.717) is 0 Å². The van der Waals surface area contributed by atoms with Gasteiger partial charge in [-0.1, -0.05) is 12.1 Å². The Kier molecular flexibility index (Phi) is 4.46. The molecule has 102 valence electrons. The Labute approximate surface area is 111 Å². The molecule has 1 fully saturated rings. The van der Waals surface area contributed by atoms with Gasteiger partial charge >= 0.3 is 0 Å². The van der Waals surface area contributed by atoms with Crippen molar-refractivity contribution in [3.8, 4) is 0 Å². The molecule has 6 nitrogen and oxygen atoms in total. The van der Waals surface area contributed by atoms with Gasteiger partial charge in [-0.15, -0.1) is 0 Å². The number of carbonyl (C=O) groups excluding carboxylic acids is 1. The number of rotatable bonds is 3. The minimum Gasteiger partial charge on any atom is -0.349 e. The lowest BCUT2D eigenvalue weighted by Gasteiger charge is -2.15. The van der Waals surface area contributed by atoms with Crippen LogP contribution in [0.1, 0.15) is 29.6 Å². The number of hydrogen-bond acceptors (Lipinski definition) is 4. The number of benzene rings is 1. The second-order valence-corrected chi connectivity index (χ2v) is 4.63. The maximum atomic E-state index is 12.1. The highest BCUT2D eigenvalue weighted by molar-refractivity contribution is 5.98. The fraction of sp³-hybridized carbons (Fsp3) is 0.462. The summed E-state index contributed by atoms with van der Waals surface area (Å²) in [5, 5.41) is 17.0. The van der Waals surface area contributed by atoms with Gasteiger partial charge in [-0.2, -0.15) is 0 Å². The maximum Gasteiger partial charge on any atom is 0.282 e. The quantitative estimate of drug-likeness (QED) is 0.639. The van der Waals surface area contributed by atoms with Gasteiger partial charge in [0.2, 0.25) is 0 Å². The predicted octanol–water partition coefficient (Wildman–Crippen LogP) is 1.47. The first-order valence-corrected chi connectivity index (χ1v) is 6.43. The monoisotopic (exact) mass is 263 g/mol. The van der Waals surface area contributed by atoms with Gasteiger partial charge in [0.25, 0.3) is 11.6 Å². The lowest BCUT2D eigenvalue weighted by Crippen LogP contribution is -2.35. The van der Waals surface area contributed by atoms with E-state index in [1.807, 2.05) is 0 Å². The van der Waals surface area contributed by atoms with Crippen molar-refractivity contribution in [2.45, 2.75) is 25.3 Å². The summed E-state index contributed by atoms with van der Waals surface area (Å²) in [6.07, 6.45) is 2.76. The summed E-state index contributed by atoms with van der Waals surface area (Å²) in [5.74, 6) is -0.362. The molecule has 19 heavy (non-hydrogen) atoms. The van der Waals surface area contributed by atoms with Crippen molar-refractivity contribution in [3.63, 3.8) is 0 Å².